The number of sulfonamides is 1. The number of benzene rings is 1. The van der Waals surface area contributed by atoms with Crippen LogP contribution in [0.4, 0.5) is 0 Å². The van der Waals surface area contributed by atoms with Crippen LogP contribution in [0.15, 0.2) is 33.9 Å². The van der Waals surface area contributed by atoms with Crippen molar-refractivity contribution in [2.45, 2.75) is 11.4 Å². The summed E-state index contributed by atoms with van der Waals surface area (Å²) < 4.78 is 26.9. The maximum Gasteiger partial charge on any atom is 0.337 e. The van der Waals surface area contributed by atoms with Crippen molar-refractivity contribution in [2.75, 3.05) is 0 Å². The van der Waals surface area contributed by atoms with Crippen LogP contribution in [0, 0.1) is 0 Å². The molecule has 0 amide bonds. The molecule has 0 spiro atoms. The Bertz CT molecular complexity index is 777. The number of aromatic amines is 1. The molecule has 2 aromatic rings. The molecule has 0 radical (unpaired) electrons. The summed E-state index contributed by atoms with van der Waals surface area (Å²) in [7, 11) is -3.88. The van der Waals surface area contributed by atoms with Gasteiger partial charge in [0.15, 0.2) is 0 Å². The zero-order valence-corrected chi connectivity index (χ0v) is 13.5. The van der Waals surface area contributed by atoms with Gasteiger partial charge >= 0.3 is 5.97 Å². The summed E-state index contributed by atoms with van der Waals surface area (Å²) in [6.45, 7) is 0.0292. The van der Waals surface area contributed by atoms with Gasteiger partial charge in [0.1, 0.15) is 0 Å². The highest BCUT2D eigenvalue weighted by Gasteiger charge is 2.20. The van der Waals surface area contributed by atoms with E-state index in [9.17, 15) is 13.2 Å². The third-order valence-corrected chi connectivity index (χ3v) is 5.21. The SMILES string of the molecule is O=C(O)c1cc(S(=O)(=O)NCc2cn[nH]c2)cc(Br)c1Cl. The van der Waals surface area contributed by atoms with Gasteiger partial charge in [0, 0.05) is 22.8 Å². The number of hydrogen-bond donors (Lipinski definition) is 3. The maximum atomic E-state index is 12.2. The maximum absolute atomic E-state index is 12.2. The zero-order valence-electron chi connectivity index (χ0n) is 10.3. The van der Waals surface area contributed by atoms with Gasteiger partial charge in [-0.25, -0.2) is 17.9 Å². The molecule has 3 N–H and O–H groups in total. The third kappa shape index (κ3) is 3.62. The number of nitrogens with one attached hydrogen (secondary N) is 2. The highest BCUT2D eigenvalue weighted by molar-refractivity contribution is 9.10. The molecule has 1 heterocycles. The Labute approximate surface area is 133 Å². The predicted molar refractivity (Wildman–Crippen MR) is 78.7 cm³/mol. The number of H-pyrrole nitrogens is 1. The number of aromatic carboxylic acids is 1. The summed E-state index contributed by atoms with van der Waals surface area (Å²) in [6.07, 6.45) is 3.02. The van der Waals surface area contributed by atoms with Crippen molar-refractivity contribution < 1.29 is 18.3 Å². The summed E-state index contributed by atoms with van der Waals surface area (Å²) in [5, 5.41) is 15.2. The van der Waals surface area contributed by atoms with Crippen LogP contribution < -0.4 is 4.72 Å². The van der Waals surface area contributed by atoms with Crippen LogP contribution in [-0.4, -0.2) is 29.7 Å². The molecule has 0 unspecified atom stereocenters. The largest absolute Gasteiger partial charge is 0.478 e. The number of rotatable bonds is 5. The molecule has 112 valence electrons. The lowest BCUT2D eigenvalue weighted by atomic mass is 10.2. The quantitative estimate of drug-likeness (QED) is 0.718. The predicted octanol–water partition coefficient (Wildman–Crippen LogP) is 2.00. The molecule has 1 aromatic heterocycles. The first kappa shape index (κ1) is 16.0. The minimum atomic E-state index is -3.88. The summed E-state index contributed by atoms with van der Waals surface area (Å²) in [5.74, 6) is -1.31. The average molecular weight is 395 g/mol. The van der Waals surface area contributed by atoms with Crippen molar-refractivity contribution in [3.05, 3.63) is 45.1 Å². The lowest BCUT2D eigenvalue weighted by Crippen LogP contribution is -2.23. The number of aromatic nitrogens is 2. The highest BCUT2D eigenvalue weighted by Crippen LogP contribution is 2.29. The fourth-order valence-electron chi connectivity index (χ4n) is 1.51. The normalized spacial score (nSPS) is 11.5. The number of nitrogens with zero attached hydrogens (tertiary/aromatic N) is 1. The van der Waals surface area contributed by atoms with E-state index in [0.717, 1.165) is 6.07 Å². The second-order valence-electron chi connectivity index (χ2n) is 4.00. The van der Waals surface area contributed by atoms with E-state index in [1.165, 1.54) is 12.3 Å². The molecule has 0 bridgehead atoms. The number of carbonyl (C=O) groups is 1. The fraction of sp³-hybridized carbons (Fsp3) is 0.0909. The van der Waals surface area contributed by atoms with E-state index >= 15 is 0 Å². The Kier molecular flexibility index (Phi) is 4.67. The Hall–Kier alpha value is -1.42. The lowest BCUT2D eigenvalue weighted by molar-refractivity contribution is 0.0696. The van der Waals surface area contributed by atoms with E-state index in [1.54, 1.807) is 6.20 Å². The van der Waals surface area contributed by atoms with E-state index in [1.807, 2.05) is 0 Å². The smallest absolute Gasteiger partial charge is 0.337 e. The summed E-state index contributed by atoms with van der Waals surface area (Å²) in [6, 6.07) is 2.25. The molecule has 0 aliphatic carbocycles. The van der Waals surface area contributed by atoms with Crippen molar-refractivity contribution in [2.24, 2.45) is 0 Å². The van der Waals surface area contributed by atoms with E-state index < -0.39 is 16.0 Å². The first-order valence-corrected chi connectivity index (χ1v) is 8.16. The molecule has 1 aromatic carbocycles. The third-order valence-electron chi connectivity index (χ3n) is 2.56. The van der Waals surface area contributed by atoms with Crippen LogP contribution >= 0.6 is 27.5 Å². The van der Waals surface area contributed by atoms with Gasteiger partial charge in [-0.3, -0.25) is 5.10 Å². The molecule has 0 aliphatic heterocycles. The molecule has 0 aliphatic rings. The summed E-state index contributed by atoms with van der Waals surface area (Å²) >= 11 is 8.86. The van der Waals surface area contributed by atoms with Crippen molar-refractivity contribution in [1.82, 2.24) is 14.9 Å². The van der Waals surface area contributed by atoms with Crippen LogP contribution in [-0.2, 0) is 16.6 Å². The molecular formula is C11H9BrClN3O4S. The molecule has 0 atom stereocenters. The lowest BCUT2D eigenvalue weighted by Gasteiger charge is -2.09. The summed E-state index contributed by atoms with van der Waals surface area (Å²) in [4.78, 5) is 10.9. The first-order chi connectivity index (χ1) is 9.81. The van der Waals surface area contributed by atoms with Gasteiger partial charge in [0.2, 0.25) is 10.0 Å². The van der Waals surface area contributed by atoms with E-state index in [-0.39, 0.29) is 26.5 Å². The minimum absolute atomic E-state index is 0.0292. The van der Waals surface area contributed by atoms with Crippen molar-refractivity contribution in [1.29, 1.82) is 0 Å². The zero-order chi connectivity index (χ0) is 15.6. The first-order valence-electron chi connectivity index (χ1n) is 5.51. The molecule has 7 nitrogen and oxygen atoms in total. The molecule has 21 heavy (non-hydrogen) atoms. The number of halogens is 2. The van der Waals surface area contributed by atoms with E-state index in [2.05, 4.69) is 30.8 Å². The number of carboxylic acids is 1. The highest BCUT2D eigenvalue weighted by atomic mass is 79.9. The van der Waals surface area contributed by atoms with Crippen LogP contribution in [0.1, 0.15) is 15.9 Å². The Balaban J connectivity index is 2.33. The molecule has 0 saturated heterocycles. The Morgan fingerprint density at radius 1 is 1.48 bits per heavy atom. The van der Waals surface area contributed by atoms with E-state index in [4.69, 9.17) is 16.7 Å². The van der Waals surface area contributed by atoms with Crippen molar-refractivity contribution >= 4 is 43.5 Å². The van der Waals surface area contributed by atoms with Gasteiger partial charge in [-0.05, 0) is 28.1 Å². The van der Waals surface area contributed by atoms with Crippen LogP contribution in [0.5, 0.6) is 0 Å². The van der Waals surface area contributed by atoms with Gasteiger partial charge < -0.3 is 5.11 Å². The van der Waals surface area contributed by atoms with Gasteiger partial charge in [-0.2, -0.15) is 5.10 Å². The van der Waals surface area contributed by atoms with Crippen LogP contribution in [0.2, 0.25) is 5.02 Å². The number of carboxylic acid groups (broad SMARTS) is 1. The van der Waals surface area contributed by atoms with Gasteiger partial charge in [0.25, 0.3) is 0 Å². The Morgan fingerprint density at radius 3 is 2.76 bits per heavy atom. The molecule has 0 fully saturated rings. The minimum Gasteiger partial charge on any atom is -0.478 e. The van der Waals surface area contributed by atoms with Gasteiger partial charge in [0.05, 0.1) is 21.7 Å². The van der Waals surface area contributed by atoms with Crippen molar-refractivity contribution in [3.63, 3.8) is 0 Å². The topological polar surface area (TPSA) is 112 Å². The second-order valence-corrected chi connectivity index (χ2v) is 7.00. The molecule has 2 rings (SSSR count). The van der Waals surface area contributed by atoms with Gasteiger partial charge in [-0.15, -0.1) is 0 Å². The molecule has 10 heteroatoms. The Morgan fingerprint density at radius 2 is 2.19 bits per heavy atom. The van der Waals surface area contributed by atoms with Crippen LogP contribution in [0.3, 0.4) is 0 Å². The van der Waals surface area contributed by atoms with Crippen molar-refractivity contribution in [3.8, 4) is 0 Å². The van der Waals surface area contributed by atoms with Gasteiger partial charge in [-0.1, -0.05) is 11.6 Å². The standard InChI is InChI=1S/C11H9BrClN3O4S/c12-9-2-7(1-8(10(9)13)11(17)18)21(19,20)16-5-6-3-14-15-4-6/h1-4,16H,5H2,(H,14,15)(H,17,18). The molecule has 0 saturated carbocycles. The number of hydrogen-bond acceptors (Lipinski definition) is 4. The molecular weight excluding hydrogens is 386 g/mol. The van der Waals surface area contributed by atoms with E-state index in [0.29, 0.717) is 5.56 Å². The fourth-order valence-corrected chi connectivity index (χ4v) is 3.38. The van der Waals surface area contributed by atoms with Crippen LogP contribution in [0.25, 0.3) is 0 Å². The second kappa shape index (κ2) is 6.14. The average Bonchev–Trinajstić information content (AvgIpc) is 2.92. The summed E-state index contributed by atoms with van der Waals surface area (Å²) in [5.41, 5.74) is 0.347. The monoisotopic (exact) mass is 393 g/mol.